The van der Waals surface area contributed by atoms with Gasteiger partial charge in [-0.15, -0.1) is 0 Å². The van der Waals surface area contributed by atoms with Crippen LogP contribution in [0.3, 0.4) is 0 Å². The van der Waals surface area contributed by atoms with Gasteiger partial charge in [-0.05, 0) is 62.6 Å². The van der Waals surface area contributed by atoms with Crippen LogP contribution < -0.4 is 10.1 Å². The maximum absolute atomic E-state index is 14.0. The molecule has 2 amide bonds. The van der Waals surface area contributed by atoms with Gasteiger partial charge in [0.1, 0.15) is 29.7 Å². The van der Waals surface area contributed by atoms with Crippen molar-refractivity contribution in [1.82, 2.24) is 20.2 Å². The van der Waals surface area contributed by atoms with Crippen LogP contribution in [0.25, 0.3) is 11.0 Å². The van der Waals surface area contributed by atoms with E-state index < -0.39 is 35.3 Å². The van der Waals surface area contributed by atoms with Crippen LogP contribution in [0, 0.1) is 17.3 Å². The molecule has 0 spiro atoms. The van der Waals surface area contributed by atoms with Crippen molar-refractivity contribution in [2.45, 2.75) is 103 Å². The van der Waals surface area contributed by atoms with Crippen molar-refractivity contribution in [2.24, 2.45) is 17.3 Å². The SMILES string of the molecule is CC[C@@H]1[C@@H]2CN(C(=O)[C@H](C(C)(C)C)NC(=O)O[C@]3(C)C[C@H]3CCCCCc3nc4ccc(Cl)cc4nc3O2)[C@@H]1C=O. The van der Waals surface area contributed by atoms with Crippen LogP contribution in [0.15, 0.2) is 18.2 Å². The van der Waals surface area contributed by atoms with Crippen LogP contribution in [-0.2, 0) is 20.7 Å². The average Bonchev–Trinajstić information content (AvgIpc) is 3.39. The Labute approximate surface area is 246 Å². The molecule has 2 aliphatic heterocycles. The van der Waals surface area contributed by atoms with Crippen molar-refractivity contribution in [3.05, 3.63) is 28.9 Å². The number of aryl methyl sites for hydroxylation is 1. The Balaban J connectivity index is 1.52. The van der Waals surface area contributed by atoms with Crippen molar-refractivity contribution >= 4 is 40.9 Å². The predicted octanol–water partition coefficient (Wildman–Crippen LogP) is 5.50. The molecule has 41 heavy (non-hydrogen) atoms. The first kappa shape index (κ1) is 29.5. The van der Waals surface area contributed by atoms with Gasteiger partial charge >= 0.3 is 6.09 Å². The van der Waals surface area contributed by atoms with Crippen LogP contribution in [0.2, 0.25) is 5.02 Å². The summed E-state index contributed by atoms with van der Waals surface area (Å²) in [7, 11) is 0. The first-order valence-electron chi connectivity index (χ1n) is 14.8. The number of carbonyl (C=O) groups excluding carboxylic acids is 3. The lowest BCUT2D eigenvalue weighted by Crippen LogP contribution is -2.56. The van der Waals surface area contributed by atoms with Crippen LogP contribution >= 0.6 is 11.6 Å². The van der Waals surface area contributed by atoms with Gasteiger partial charge in [-0.25, -0.2) is 14.8 Å². The normalized spacial score (nSPS) is 31.2. The Hall–Kier alpha value is -2.94. The van der Waals surface area contributed by atoms with E-state index in [2.05, 4.69) is 5.32 Å². The zero-order chi connectivity index (χ0) is 29.5. The minimum absolute atomic E-state index is 0.193. The van der Waals surface area contributed by atoms with Gasteiger partial charge in [0.15, 0.2) is 0 Å². The third-order valence-electron chi connectivity index (χ3n) is 8.99. The van der Waals surface area contributed by atoms with Crippen molar-refractivity contribution < 1.29 is 23.9 Å². The number of carbonyl (C=O) groups is 3. The van der Waals surface area contributed by atoms with E-state index in [4.69, 9.17) is 31.0 Å². The topological polar surface area (TPSA) is 111 Å². The molecule has 1 N–H and O–H groups in total. The van der Waals surface area contributed by atoms with Crippen LogP contribution in [-0.4, -0.2) is 63.5 Å². The largest absolute Gasteiger partial charge is 0.471 e. The Morgan fingerprint density at radius 2 is 1.95 bits per heavy atom. The molecule has 9 nitrogen and oxygen atoms in total. The highest BCUT2D eigenvalue weighted by atomic mass is 35.5. The number of fused-ring (bicyclic) bond motifs is 5. The summed E-state index contributed by atoms with van der Waals surface area (Å²) in [5.74, 6) is 0.143. The first-order valence-corrected chi connectivity index (χ1v) is 15.2. The second kappa shape index (κ2) is 11.4. The highest BCUT2D eigenvalue weighted by Gasteiger charge is 2.54. The number of alkyl carbamates (subject to hydrolysis) is 1. The first-order chi connectivity index (χ1) is 19.4. The molecule has 3 heterocycles. The van der Waals surface area contributed by atoms with Gasteiger partial charge in [-0.2, -0.15) is 0 Å². The fourth-order valence-corrected chi connectivity index (χ4v) is 6.55. The molecule has 1 aromatic carbocycles. The molecule has 0 unspecified atom stereocenters. The van der Waals surface area contributed by atoms with Crippen LogP contribution in [0.5, 0.6) is 5.88 Å². The maximum Gasteiger partial charge on any atom is 0.408 e. The lowest BCUT2D eigenvalue weighted by Gasteiger charge is -2.35. The predicted molar refractivity (Wildman–Crippen MR) is 156 cm³/mol. The molecule has 1 aromatic heterocycles. The van der Waals surface area contributed by atoms with Gasteiger partial charge in [0.2, 0.25) is 11.8 Å². The number of aldehydes is 1. The number of ether oxygens (including phenoxy) is 2. The molecule has 1 saturated carbocycles. The van der Waals surface area contributed by atoms with Gasteiger partial charge < -0.3 is 24.5 Å². The molecular weight excluding hydrogens is 544 g/mol. The molecule has 1 aliphatic carbocycles. The number of benzene rings is 1. The monoisotopic (exact) mass is 584 g/mol. The summed E-state index contributed by atoms with van der Waals surface area (Å²) < 4.78 is 12.4. The second-order valence-corrected chi connectivity index (χ2v) is 13.5. The molecule has 5 rings (SSSR count). The fourth-order valence-electron chi connectivity index (χ4n) is 6.39. The molecule has 222 valence electrons. The van der Waals surface area contributed by atoms with E-state index in [0.29, 0.717) is 35.2 Å². The Morgan fingerprint density at radius 3 is 2.66 bits per heavy atom. The van der Waals surface area contributed by atoms with Gasteiger partial charge in [-0.3, -0.25) is 4.79 Å². The summed E-state index contributed by atoms with van der Waals surface area (Å²) >= 11 is 6.25. The molecule has 2 aromatic rings. The molecule has 2 bridgehead atoms. The maximum atomic E-state index is 14.0. The second-order valence-electron chi connectivity index (χ2n) is 13.1. The number of rotatable bonds is 2. The summed E-state index contributed by atoms with van der Waals surface area (Å²) in [6.07, 6.45) is 5.76. The van der Waals surface area contributed by atoms with Crippen LogP contribution in [0.1, 0.15) is 78.8 Å². The Kier molecular flexibility index (Phi) is 8.21. The molecule has 6 atom stereocenters. The minimum Gasteiger partial charge on any atom is -0.471 e. The van der Waals surface area contributed by atoms with Crippen LogP contribution in [0.4, 0.5) is 4.79 Å². The molecule has 2 fully saturated rings. The van der Waals surface area contributed by atoms with Gasteiger partial charge in [0.25, 0.3) is 0 Å². The standard InChI is InChI=1S/C31H41ClN4O5/c1-6-20-24(17-37)36-16-25(20)40-27-22(33-21-13-12-19(32)14-23(21)34-27)11-9-7-8-10-18-15-31(18,5)41-29(39)35-26(28(36)38)30(2,3)4/h12-14,17-18,20,24-26H,6-11,15-16H2,1-5H3,(H,35,39)/t18-,20+,24-,25+,26-,31-/m1/s1. The van der Waals surface area contributed by atoms with Crippen molar-refractivity contribution in [3.63, 3.8) is 0 Å². The summed E-state index contributed by atoms with van der Waals surface area (Å²) in [5.41, 5.74) is 1.00. The molecule has 0 radical (unpaired) electrons. The number of aromatic nitrogens is 2. The van der Waals surface area contributed by atoms with E-state index in [0.717, 1.165) is 49.6 Å². The minimum atomic E-state index is -0.883. The van der Waals surface area contributed by atoms with Gasteiger partial charge in [0, 0.05) is 16.9 Å². The summed E-state index contributed by atoms with van der Waals surface area (Å²) in [4.78, 5) is 50.8. The fraction of sp³-hybridized carbons (Fsp3) is 0.645. The zero-order valence-electron chi connectivity index (χ0n) is 24.6. The van der Waals surface area contributed by atoms with E-state index >= 15 is 0 Å². The number of hydrogen-bond donors (Lipinski definition) is 1. The number of nitrogens with zero attached hydrogens (tertiary/aromatic N) is 3. The summed E-state index contributed by atoms with van der Waals surface area (Å²) in [6, 6.07) is 3.85. The lowest BCUT2D eigenvalue weighted by molar-refractivity contribution is -0.139. The van der Waals surface area contributed by atoms with E-state index in [1.165, 1.54) is 0 Å². The van der Waals surface area contributed by atoms with E-state index in [9.17, 15) is 14.4 Å². The number of hydrogen-bond acceptors (Lipinski definition) is 7. The summed E-state index contributed by atoms with van der Waals surface area (Å²) in [6.45, 7) is 9.81. The van der Waals surface area contributed by atoms with Gasteiger partial charge in [-0.1, -0.05) is 52.1 Å². The quantitative estimate of drug-likeness (QED) is 0.464. The number of nitrogens with one attached hydrogen (secondary N) is 1. The third kappa shape index (κ3) is 6.15. The van der Waals surface area contributed by atoms with Gasteiger partial charge in [0.05, 0.1) is 23.6 Å². The molecule has 1 saturated heterocycles. The molecule has 3 aliphatic rings. The Morgan fingerprint density at radius 1 is 1.17 bits per heavy atom. The number of amides is 2. The van der Waals surface area contributed by atoms with Crippen molar-refractivity contribution in [2.75, 3.05) is 6.54 Å². The highest BCUT2D eigenvalue weighted by molar-refractivity contribution is 6.31. The third-order valence-corrected chi connectivity index (χ3v) is 9.23. The lowest BCUT2D eigenvalue weighted by atomic mass is 9.85. The smallest absolute Gasteiger partial charge is 0.408 e. The van der Waals surface area contributed by atoms with E-state index in [1.54, 1.807) is 17.0 Å². The highest BCUT2D eigenvalue weighted by Crippen LogP contribution is 2.49. The van der Waals surface area contributed by atoms with Crippen molar-refractivity contribution in [3.8, 4) is 5.88 Å². The summed E-state index contributed by atoms with van der Waals surface area (Å²) in [5, 5.41) is 3.41. The van der Waals surface area contributed by atoms with Crippen molar-refractivity contribution in [1.29, 1.82) is 0 Å². The zero-order valence-corrected chi connectivity index (χ0v) is 25.4. The average molecular weight is 585 g/mol. The van der Waals surface area contributed by atoms with E-state index in [1.807, 2.05) is 40.7 Å². The number of halogens is 1. The molecule has 10 heteroatoms. The molecular formula is C31H41ClN4O5. The Bertz CT molecular complexity index is 1330. The van der Waals surface area contributed by atoms with E-state index in [-0.39, 0.29) is 18.4 Å².